The number of benzene rings is 2. The summed E-state index contributed by atoms with van der Waals surface area (Å²) in [5.74, 6) is 0. The van der Waals surface area contributed by atoms with Gasteiger partial charge in [-0.1, -0.05) is 30.3 Å². The zero-order valence-electron chi connectivity index (χ0n) is 11.5. The van der Waals surface area contributed by atoms with Crippen LogP contribution in [0.3, 0.4) is 0 Å². The van der Waals surface area contributed by atoms with Crippen molar-refractivity contribution in [3.05, 3.63) is 65.3 Å². The summed E-state index contributed by atoms with van der Waals surface area (Å²) in [5.41, 5.74) is 3.59. The lowest BCUT2D eigenvalue weighted by Gasteiger charge is -2.04. The van der Waals surface area contributed by atoms with E-state index in [1.54, 1.807) is 6.20 Å². The molecule has 21 heavy (non-hydrogen) atoms. The van der Waals surface area contributed by atoms with Gasteiger partial charge >= 0.3 is 0 Å². The molecule has 3 nitrogen and oxygen atoms in total. The van der Waals surface area contributed by atoms with Crippen LogP contribution in [0.25, 0.3) is 15.8 Å². The molecule has 0 unspecified atom stereocenters. The van der Waals surface area contributed by atoms with E-state index in [0.717, 1.165) is 26.5 Å². The zero-order chi connectivity index (χ0) is 14.7. The molecule has 0 aliphatic heterocycles. The Labute approximate surface area is 127 Å². The van der Waals surface area contributed by atoms with Crippen molar-refractivity contribution in [3.63, 3.8) is 0 Å². The van der Waals surface area contributed by atoms with E-state index in [1.807, 2.05) is 55.5 Å². The summed E-state index contributed by atoms with van der Waals surface area (Å²) in [6.45, 7) is 2.03. The first-order valence-corrected chi connectivity index (χ1v) is 7.38. The van der Waals surface area contributed by atoms with Gasteiger partial charge in [-0.15, -0.1) is 11.3 Å². The van der Waals surface area contributed by atoms with Crippen molar-refractivity contribution < 1.29 is 0 Å². The number of anilines is 1. The van der Waals surface area contributed by atoms with Crippen LogP contribution in [0, 0.1) is 18.3 Å². The van der Waals surface area contributed by atoms with Crippen molar-refractivity contribution in [3.8, 4) is 6.07 Å². The lowest BCUT2D eigenvalue weighted by molar-refractivity contribution is 1.41. The van der Waals surface area contributed by atoms with E-state index in [9.17, 15) is 5.26 Å². The van der Waals surface area contributed by atoms with Crippen molar-refractivity contribution in [2.24, 2.45) is 0 Å². The fourth-order valence-electron chi connectivity index (χ4n) is 2.01. The average Bonchev–Trinajstić information content (AvgIpc) is 2.93. The number of aryl methyl sites for hydroxylation is 1. The summed E-state index contributed by atoms with van der Waals surface area (Å²) in [4.78, 5) is 4.51. The van der Waals surface area contributed by atoms with Gasteiger partial charge < -0.3 is 5.32 Å². The highest BCUT2D eigenvalue weighted by Crippen LogP contribution is 2.26. The highest BCUT2D eigenvalue weighted by Gasteiger charge is 2.08. The van der Waals surface area contributed by atoms with Gasteiger partial charge in [-0.05, 0) is 30.7 Å². The molecule has 0 aliphatic rings. The number of thiazole rings is 1. The van der Waals surface area contributed by atoms with Gasteiger partial charge in [0, 0.05) is 11.9 Å². The van der Waals surface area contributed by atoms with Crippen LogP contribution in [0.4, 0.5) is 5.69 Å². The lowest BCUT2D eigenvalue weighted by Crippen LogP contribution is -1.92. The molecule has 0 aliphatic carbocycles. The van der Waals surface area contributed by atoms with Gasteiger partial charge in [0.05, 0.1) is 10.2 Å². The second kappa shape index (κ2) is 5.78. The van der Waals surface area contributed by atoms with Crippen LogP contribution in [-0.2, 0) is 0 Å². The number of nitrogens with zero attached hydrogens (tertiary/aromatic N) is 2. The fourth-order valence-corrected chi connectivity index (χ4v) is 2.95. The van der Waals surface area contributed by atoms with E-state index in [1.165, 1.54) is 11.3 Å². The van der Waals surface area contributed by atoms with Crippen LogP contribution in [0.2, 0.25) is 0 Å². The normalized spacial score (nSPS) is 11.3. The van der Waals surface area contributed by atoms with Crippen LogP contribution in [-0.4, -0.2) is 4.98 Å². The Morgan fingerprint density at radius 2 is 1.95 bits per heavy atom. The molecule has 2 aromatic carbocycles. The van der Waals surface area contributed by atoms with Crippen molar-refractivity contribution in [2.45, 2.75) is 6.92 Å². The third-order valence-corrected chi connectivity index (χ3v) is 4.23. The van der Waals surface area contributed by atoms with Gasteiger partial charge in [-0.25, -0.2) is 4.98 Å². The maximum atomic E-state index is 9.36. The Morgan fingerprint density at radius 3 is 2.71 bits per heavy atom. The number of hydrogen-bond donors (Lipinski definition) is 1. The number of para-hydroxylation sites is 2. The first kappa shape index (κ1) is 13.3. The monoisotopic (exact) mass is 291 g/mol. The van der Waals surface area contributed by atoms with E-state index in [2.05, 4.69) is 16.4 Å². The number of nitrogens with one attached hydrogen (secondary N) is 1. The summed E-state index contributed by atoms with van der Waals surface area (Å²) < 4.78 is 1.09. The Hall–Kier alpha value is -2.64. The average molecular weight is 291 g/mol. The minimum atomic E-state index is 0.541. The Kier molecular flexibility index (Phi) is 3.67. The van der Waals surface area contributed by atoms with Crippen molar-refractivity contribution >= 4 is 32.8 Å². The molecular formula is C17H13N3S. The second-order valence-corrected chi connectivity index (χ2v) is 5.65. The number of allylic oxidation sites excluding steroid dienone is 1. The Bertz CT molecular complexity index is 823. The minimum absolute atomic E-state index is 0.541. The van der Waals surface area contributed by atoms with E-state index in [-0.39, 0.29) is 0 Å². The largest absolute Gasteiger partial charge is 0.360 e. The number of hydrogen-bond acceptors (Lipinski definition) is 4. The Morgan fingerprint density at radius 1 is 1.19 bits per heavy atom. The van der Waals surface area contributed by atoms with E-state index >= 15 is 0 Å². The van der Waals surface area contributed by atoms with Crippen LogP contribution in [0.15, 0.2) is 54.7 Å². The summed E-state index contributed by atoms with van der Waals surface area (Å²) in [6, 6.07) is 18.1. The fraction of sp³-hybridized carbons (Fsp3) is 0.0588. The number of aromatic nitrogens is 1. The van der Waals surface area contributed by atoms with E-state index in [0.29, 0.717) is 5.57 Å². The quantitative estimate of drug-likeness (QED) is 0.718. The van der Waals surface area contributed by atoms with Crippen LogP contribution in [0.1, 0.15) is 10.6 Å². The molecule has 3 rings (SSSR count). The molecule has 1 heterocycles. The predicted octanol–water partition coefficient (Wildman–Crippen LogP) is 4.58. The molecule has 0 radical (unpaired) electrons. The maximum absolute atomic E-state index is 9.36. The van der Waals surface area contributed by atoms with Crippen molar-refractivity contribution in [1.82, 2.24) is 4.98 Å². The van der Waals surface area contributed by atoms with E-state index in [4.69, 9.17) is 0 Å². The van der Waals surface area contributed by atoms with Gasteiger partial charge in [-0.3, -0.25) is 0 Å². The molecule has 4 heteroatoms. The van der Waals surface area contributed by atoms with Gasteiger partial charge in [0.15, 0.2) is 0 Å². The van der Waals surface area contributed by atoms with Crippen LogP contribution < -0.4 is 5.32 Å². The molecule has 102 valence electrons. The second-order valence-electron chi connectivity index (χ2n) is 4.62. The smallest absolute Gasteiger partial charge is 0.136 e. The number of rotatable bonds is 3. The van der Waals surface area contributed by atoms with Gasteiger partial charge in [0.2, 0.25) is 0 Å². The summed E-state index contributed by atoms with van der Waals surface area (Å²) >= 11 is 1.53. The highest BCUT2D eigenvalue weighted by atomic mass is 32.1. The number of fused-ring (bicyclic) bond motifs is 1. The number of nitriles is 1. The third kappa shape index (κ3) is 2.78. The van der Waals surface area contributed by atoms with Crippen LogP contribution >= 0.6 is 11.3 Å². The molecule has 0 saturated heterocycles. The molecule has 0 saturated carbocycles. The molecular weight excluding hydrogens is 278 g/mol. The van der Waals surface area contributed by atoms with Gasteiger partial charge in [0.1, 0.15) is 16.6 Å². The predicted molar refractivity (Wildman–Crippen MR) is 88.0 cm³/mol. The highest BCUT2D eigenvalue weighted by molar-refractivity contribution is 7.19. The zero-order valence-corrected chi connectivity index (χ0v) is 12.3. The van der Waals surface area contributed by atoms with Crippen molar-refractivity contribution in [1.29, 1.82) is 5.26 Å². The van der Waals surface area contributed by atoms with E-state index < -0.39 is 0 Å². The standard InChI is InChI=1S/C17H13N3S/c1-12-6-2-3-7-14(12)19-11-13(10-18)17-20-15-8-4-5-9-16(15)21-17/h2-9,11,19H,1H3. The molecule has 0 atom stereocenters. The van der Waals surface area contributed by atoms with Crippen LogP contribution in [0.5, 0.6) is 0 Å². The van der Waals surface area contributed by atoms with Gasteiger partial charge in [-0.2, -0.15) is 5.26 Å². The SMILES string of the molecule is Cc1ccccc1NC=C(C#N)c1nc2ccccc2s1. The van der Waals surface area contributed by atoms with Gasteiger partial charge in [0.25, 0.3) is 0 Å². The maximum Gasteiger partial charge on any atom is 0.136 e. The van der Waals surface area contributed by atoms with Crippen molar-refractivity contribution in [2.75, 3.05) is 5.32 Å². The summed E-state index contributed by atoms with van der Waals surface area (Å²) in [6.07, 6.45) is 1.72. The molecule has 0 fully saturated rings. The minimum Gasteiger partial charge on any atom is -0.360 e. The first-order chi connectivity index (χ1) is 10.3. The third-order valence-electron chi connectivity index (χ3n) is 3.16. The molecule has 1 N–H and O–H groups in total. The Balaban J connectivity index is 1.93. The lowest BCUT2D eigenvalue weighted by atomic mass is 10.2. The molecule has 3 aromatic rings. The molecule has 1 aromatic heterocycles. The first-order valence-electron chi connectivity index (χ1n) is 6.56. The topological polar surface area (TPSA) is 48.7 Å². The molecule has 0 bridgehead atoms. The summed E-state index contributed by atoms with van der Waals surface area (Å²) in [7, 11) is 0. The molecule has 0 amide bonds. The summed E-state index contributed by atoms with van der Waals surface area (Å²) in [5, 5.41) is 13.3. The molecule has 0 spiro atoms.